The van der Waals surface area contributed by atoms with Crippen LogP contribution in [0.25, 0.3) is 11.3 Å². The van der Waals surface area contributed by atoms with Crippen LogP contribution < -0.4 is 9.62 Å². The molecule has 11 heteroatoms. The fourth-order valence-electron chi connectivity index (χ4n) is 4.00. The number of aromatic nitrogens is 2. The average Bonchev–Trinajstić information content (AvgIpc) is 2.91. The summed E-state index contributed by atoms with van der Waals surface area (Å²) in [5.74, 6) is -0.351. The van der Waals surface area contributed by atoms with Gasteiger partial charge in [0.05, 0.1) is 29.9 Å². The Labute approximate surface area is 229 Å². The zero-order valence-corrected chi connectivity index (χ0v) is 22.5. The third-order valence-corrected chi connectivity index (χ3v) is 8.72. The molecule has 0 saturated heterocycles. The Balaban J connectivity index is 1.39. The predicted octanol–water partition coefficient (Wildman–Crippen LogP) is 5.44. The SMILES string of the molecule is CC(=O)c1ccc(NC(=O)CSc2ncc3c(n2)-c2cc(Cl)ccc2N(Cc2ccccc2)S3(=O)=O)cc1. The molecule has 192 valence electrons. The van der Waals surface area contributed by atoms with Crippen LogP contribution in [0.15, 0.2) is 89.0 Å². The number of nitrogens with one attached hydrogen (secondary N) is 1. The number of sulfonamides is 1. The Morgan fingerprint density at radius 2 is 1.76 bits per heavy atom. The molecule has 1 N–H and O–H groups in total. The van der Waals surface area contributed by atoms with Gasteiger partial charge in [-0.3, -0.25) is 13.9 Å². The zero-order valence-electron chi connectivity index (χ0n) is 20.1. The van der Waals surface area contributed by atoms with Gasteiger partial charge in [-0.15, -0.1) is 0 Å². The van der Waals surface area contributed by atoms with Crippen LogP contribution in [0, 0.1) is 0 Å². The van der Waals surface area contributed by atoms with E-state index in [9.17, 15) is 18.0 Å². The van der Waals surface area contributed by atoms with Crippen molar-refractivity contribution in [3.63, 3.8) is 0 Å². The van der Waals surface area contributed by atoms with Gasteiger partial charge < -0.3 is 5.32 Å². The second-order valence-electron chi connectivity index (χ2n) is 8.49. The van der Waals surface area contributed by atoms with E-state index in [1.54, 1.807) is 42.5 Å². The van der Waals surface area contributed by atoms with E-state index in [1.165, 1.54) is 17.4 Å². The molecule has 8 nitrogen and oxygen atoms in total. The van der Waals surface area contributed by atoms with Crippen molar-refractivity contribution in [2.75, 3.05) is 15.4 Å². The maximum absolute atomic E-state index is 13.6. The van der Waals surface area contributed by atoms with E-state index < -0.39 is 10.0 Å². The molecule has 0 unspecified atom stereocenters. The van der Waals surface area contributed by atoms with Crippen molar-refractivity contribution in [2.24, 2.45) is 0 Å². The van der Waals surface area contributed by atoms with Crippen molar-refractivity contribution in [1.82, 2.24) is 9.97 Å². The molecular formula is C27H21ClN4O4S2. The molecular weight excluding hydrogens is 544 g/mol. The Hall–Kier alpha value is -3.73. The summed E-state index contributed by atoms with van der Waals surface area (Å²) in [6, 6.07) is 20.9. The first kappa shape index (κ1) is 25.9. The second-order valence-corrected chi connectivity index (χ2v) is 11.7. The smallest absolute Gasteiger partial charge is 0.268 e. The van der Waals surface area contributed by atoms with E-state index in [4.69, 9.17) is 11.6 Å². The first-order chi connectivity index (χ1) is 18.2. The van der Waals surface area contributed by atoms with E-state index in [-0.39, 0.29) is 39.7 Å². The lowest BCUT2D eigenvalue weighted by molar-refractivity contribution is -0.113. The molecule has 1 aliphatic rings. The molecule has 1 aromatic heterocycles. The zero-order chi connectivity index (χ0) is 26.9. The summed E-state index contributed by atoms with van der Waals surface area (Å²) in [4.78, 5) is 32.6. The molecule has 0 bridgehead atoms. The molecule has 0 spiro atoms. The number of rotatable bonds is 7. The summed E-state index contributed by atoms with van der Waals surface area (Å²) >= 11 is 7.36. The molecule has 0 fully saturated rings. The highest BCUT2D eigenvalue weighted by atomic mass is 35.5. The maximum Gasteiger partial charge on any atom is 0.268 e. The molecule has 1 aliphatic heterocycles. The van der Waals surface area contributed by atoms with Crippen molar-refractivity contribution < 1.29 is 18.0 Å². The van der Waals surface area contributed by atoms with E-state index >= 15 is 0 Å². The highest BCUT2D eigenvalue weighted by Gasteiger charge is 2.37. The van der Waals surface area contributed by atoms with Crippen molar-refractivity contribution in [2.45, 2.75) is 23.5 Å². The number of amides is 1. The van der Waals surface area contributed by atoms with Gasteiger partial charge in [0.25, 0.3) is 10.0 Å². The van der Waals surface area contributed by atoms with E-state index in [0.29, 0.717) is 27.5 Å². The van der Waals surface area contributed by atoms with Crippen LogP contribution in [0.5, 0.6) is 0 Å². The number of hydrogen-bond donors (Lipinski definition) is 1. The lowest BCUT2D eigenvalue weighted by atomic mass is 10.1. The Morgan fingerprint density at radius 1 is 1.03 bits per heavy atom. The molecule has 38 heavy (non-hydrogen) atoms. The fraction of sp³-hybridized carbons (Fsp3) is 0.111. The molecule has 2 heterocycles. The number of carbonyl (C=O) groups excluding carboxylic acids is 2. The summed E-state index contributed by atoms with van der Waals surface area (Å²) in [7, 11) is -3.95. The topological polar surface area (TPSA) is 109 Å². The fourth-order valence-corrected chi connectivity index (χ4v) is 6.35. The average molecular weight is 565 g/mol. The van der Waals surface area contributed by atoms with Crippen LogP contribution in [0.2, 0.25) is 5.02 Å². The van der Waals surface area contributed by atoms with Crippen molar-refractivity contribution in [3.05, 3.63) is 95.1 Å². The van der Waals surface area contributed by atoms with Gasteiger partial charge in [-0.05, 0) is 55.0 Å². The number of halogens is 1. The van der Waals surface area contributed by atoms with Crippen molar-refractivity contribution in [1.29, 1.82) is 0 Å². The summed E-state index contributed by atoms with van der Waals surface area (Å²) < 4.78 is 28.6. The van der Waals surface area contributed by atoms with E-state index in [2.05, 4.69) is 15.3 Å². The molecule has 0 radical (unpaired) electrons. The highest BCUT2D eigenvalue weighted by molar-refractivity contribution is 7.99. The Kier molecular flexibility index (Phi) is 7.20. The summed E-state index contributed by atoms with van der Waals surface area (Å²) in [6.07, 6.45) is 1.28. The summed E-state index contributed by atoms with van der Waals surface area (Å²) in [6.45, 7) is 1.61. The molecule has 0 saturated carbocycles. The number of thioether (sulfide) groups is 1. The third-order valence-electron chi connectivity index (χ3n) is 5.86. The van der Waals surface area contributed by atoms with Crippen LogP contribution in [-0.4, -0.2) is 35.8 Å². The summed E-state index contributed by atoms with van der Waals surface area (Å²) in [5, 5.41) is 3.45. The van der Waals surface area contributed by atoms with Crippen LogP contribution >= 0.6 is 23.4 Å². The highest BCUT2D eigenvalue weighted by Crippen LogP contribution is 2.44. The quantitative estimate of drug-likeness (QED) is 0.181. The molecule has 0 aliphatic carbocycles. The summed E-state index contributed by atoms with van der Waals surface area (Å²) in [5.41, 5.74) is 3.21. The van der Waals surface area contributed by atoms with Gasteiger partial charge in [-0.25, -0.2) is 18.4 Å². The molecule has 0 atom stereocenters. The predicted molar refractivity (Wildman–Crippen MR) is 148 cm³/mol. The Morgan fingerprint density at radius 3 is 2.47 bits per heavy atom. The number of carbonyl (C=O) groups is 2. The molecule has 5 rings (SSSR count). The van der Waals surface area contributed by atoms with Gasteiger partial charge in [0.1, 0.15) is 4.90 Å². The minimum atomic E-state index is -3.95. The van der Waals surface area contributed by atoms with E-state index in [0.717, 1.165) is 17.3 Å². The number of benzene rings is 3. The number of nitrogens with zero attached hydrogens (tertiary/aromatic N) is 3. The number of Topliss-reactive ketones (excluding diaryl/α,β-unsaturated/α-hetero) is 1. The number of hydrogen-bond acceptors (Lipinski definition) is 7. The normalized spacial score (nSPS) is 13.4. The lowest BCUT2D eigenvalue weighted by Gasteiger charge is -2.31. The van der Waals surface area contributed by atoms with Gasteiger partial charge in [0.15, 0.2) is 10.9 Å². The van der Waals surface area contributed by atoms with Crippen LogP contribution in [-0.2, 0) is 21.4 Å². The minimum absolute atomic E-state index is 0.00251. The van der Waals surface area contributed by atoms with Gasteiger partial charge in [0.2, 0.25) is 5.91 Å². The van der Waals surface area contributed by atoms with E-state index in [1.807, 2.05) is 30.3 Å². The largest absolute Gasteiger partial charge is 0.325 e. The first-order valence-electron chi connectivity index (χ1n) is 11.5. The van der Waals surface area contributed by atoms with Gasteiger partial charge in [0, 0.05) is 21.8 Å². The second kappa shape index (κ2) is 10.6. The monoisotopic (exact) mass is 564 g/mol. The number of anilines is 2. The van der Waals surface area contributed by atoms with Gasteiger partial charge in [-0.2, -0.15) is 0 Å². The number of fused-ring (bicyclic) bond motifs is 3. The third kappa shape index (κ3) is 5.28. The maximum atomic E-state index is 13.6. The number of ketones is 1. The van der Waals surface area contributed by atoms with Crippen molar-refractivity contribution in [3.8, 4) is 11.3 Å². The Bertz CT molecular complexity index is 1650. The van der Waals surface area contributed by atoms with Gasteiger partial charge >= 0.3 is 0 Å². The van der Waals surface area contributed by atoms with Gasteiger partial charge in [-0.1, -0.05) is 53.7 Å². The first-order valence-corrected chi connectivity index (χ1v) is 14.3. The molecule has 4 aromatic rings. The van der Waals surface area contributed by atoms with Crippen LogP contribution in [0.4, 0.5) is 11.4 Å². The van der Waals surface area contributed by atoms with Crippen molar-refractivity contribution >= 4 is 56.5 Å². The molecule has 1 amide bonds. The molecule has 3 aromatic carbocycles. The lowest BCUT2D eigenvalue weighted by Crippen LogP contribution is -2.34. The minimum Gasteiger partial charge on any atom is -0.325 e. The van der Waals surface area contributed by atoms with Crippen LogP contribution in [0.3, 0.4) is 0 Å². The van der Waals surface area contributed by atoms with Crippen LogP contribution in [0.1, 0.15) is 22.8 Å². The standard InChI is InChI=1S/C27H21ClN4O4S2/c1-17(33)19-7-10-21(11-8-19)30-25(34)16-37-27-29-14-24-26(31-27)22-13-20(28)9-12-23(22)32(38(24,35)36)15-18-5-3-2-4-6-18/h2-14H,15-16H2,1H3,(H,30,34).